The average Bonchev–Trinajstić information content (AvgIpc) is 2.93. The molecule has 1 heterocycles. The summed E-state index contributed by atoms with van der Waals surface area (Å²) in [4.78, 5) is 16.3. The van der Waals surface area contributed by atoms with Crippen LogP contribution in [-0.2, 0) is 6.42 Å². The number of carbonyl (C=O) groups is 1. The lowest BCUT2D eigenvalue weighted by Crippen LogP contribution is -1.99. The number of hydrogen-bond donors (Lipinski definition) is 1. The minimum atomic E-state index is -0.941. The van der Waals surface area contributed by atoms with Crippen LogP contribution in [0.1, 0.15) is 20.9 Å². The highest BCUT2D eigenvalue weighted by molar-refractivity contribution is 7.17. The Hall–Kier alpha value is -2.17. The summed E-state index contributed by atoms with van der Waals surface area (Å²) < 4.78 is 0. The number of thiazole rings is 1. The van der Waals surface area contributed by atoms with Crippen LogP contribution in [0.2, 0.25) is 5.02 Å². The Morgan fingerprint density at radius 1 is 1.09 bits per heavy atom. The SMILES string of the molecule is O=C(O)c1sc(-c2ccc(Cl)cc2)nc1Cc1ccccc1. The van der Waals surface area contributed by atoms with E-state index in [1.165, 1.54) is 11.3 Å². The van der Waals surface area contributed by atoms with Crippen molar-refractivity contribution in [3.8, 4) is 10.6 Å². The first-order valence-corrected chi connectivity index (χ1v) is 7.86. The minimum Gasteiger partial charge on any atom is -0.477 e. The first-order valence-electron chi connectivity index (χ1n) is 6.66. The van der Waals surface area contributed by atoms with Crippen molar-refractivity contribution in [2.75, 3.05) is 0 Å². The highest BCUT2D eigenvalue weighted by atomic mass is 35.5. The average molecular weight is 330 g/mol. The maximum Gasteiger partial charge on any atom is 0.347 e. The zero-order valence-corrected chi connectivity index (χ0v) is 13.1. The predicted molar refractivity (Wildman–Crippen MR) is 88.8 cm³/mol. The lowest BCUT2D eigenvalue weighted by molar-refractivity contribution is 0.0701. The van der Waals surface area contributed by atoms with E-state index in [0.717, 1.165) is 11.1 Å². The van der Waals surface area contributed by atoms with Gasteiger partial charge in [0, 0.05) is 17.0 Å². The lowest BCUT2D eigenvalue weighted by atomic mass is 10.1. The zero-order chi connectivity index (χ0) is 15.5. The fourth-order valence-electron chi connectivity index (χ4n) is 2.14. The molecule has 0 unspecified atom stereocenters. The number of aromatic carboxylic acids is 1. The molecular formula is C17H12ClNO2S. The predicted octanol–water partition coefficient (Wildman–Crippen LogP) is 4.75. The number of aromatic nitrogens is 1. The lowest BCUT2D eigenvalue weighted by Gasteiger charge is -1.99. The highest BCUT2D eigenvalue weighted by Gasteiger charge is 2.18. The van der Waals surface area contributed by atoms with Crippen LogP contribution < -0.4 is 0 Å². The van der Waals surface area contributed by atoms with Gasteiger partial charge in [0.1, 0.15) is 9.88 Å². The molecular weight excluding hydrogens is 318 g/mol. The van der Waals surface area contributed by atoms with E-state index in [4.69, 9.17) is 11.6 Å². The van der Waals surface area contributed by atoms with Crippen LogP contribution in [0.25, 0.3) is 10.6 Å². The van der Waals surface area contributed by atoms with Gasteiger partial charge in [-0.05, 0) is 17.7 Å². The Bertz CT molecular complexity index is 797. The second-order valence-electron chi connectivity index (χ2n) is 4.77. The molecule has 0 saturated heterocycles. The fraction of sp³-hybridized carbons (Fsp3) is 0.0588. The first kappa shape index (κ1) is 14.8. The van der Waals surface area contributed by atoms with Crippen LogP contribution >= 0.6 is 22.9 Å². The second-order valence-corrected chi connectivity index (χ2v) is 6.20. The molecule has 0 amide bonds. The monoisotopic (exact) mass is 329 g/mol. The Morgan fingerprint density at radius 3 is 2.41 bits per heavy atom. The molecule has 0 aliphatic heterocycles. The van der Waals surface area contributed by atoms with Gasteiger partial charge in [-0.15, -0.1) is 11.3 Å². The number of hydrogen-bond acceptors (Lipinski definition) is 3. The van der Waals surface area contributed by atoms with Gasteiger partial charge in [0.15, 0.2) is 0 Å². The maximum atomic E-state index is 11.5. The largest absolute Gasteiger partial charge is 0.477 e. The van der Waals surface area contributed by atoms with Crippen molar-refractivity contribution in [2.24, 2.45) is 0 Å². The van der Waals surface area contributed by atoms with Gasteiger partial charge in [-0.1, -0.05) is 54.1 Å². The van der Waals surface area contributed by atoms with Gasteiger partial charge < -0.3 is 5.11 Å². The summed E-state index contributed by atoms with van der Waals surface area (Å²) in [5.41, 5.74) is 2.50. The normalized spacial score (nSPS) is 10.6. The summed E-state index contributed by atoms with van der Waals surface area (Å²) in [6, 6.07) is 17.0. The Balaban J connectivity index is 1.99. The van der Waals surface area contributed by atoms with E-state index >= 15 is 0 Å². The molecule has 0 atom stereocenters. The van der Waals surface area contributed by atoms with Crippen molar-refractivity contribution < 1.29 is 9.90 Å². The van der Waals surface area contributed by atoms with Gasteiger partial charge in [-0.3, -0.25) is 0 Å². The highest BCUT2D eigenvalue weighted by Crippen LogP contribution is 2.30. The van der Waals surface area contributed by atoms with Crippen molar-refractivity contribution in [3.05, 3.63) is 75.8 Å². The Morgan fingerprint density at radius 2 is 1.77 bits per heavy atom. The molecule has 0 bridgehead atoms. The molecule has 1 aromatic heterocycles. The summed E-state index contributed by atoms with van der Waals surface area (Å²) in [5, 5.41) is 10.7. The molecule has 0 aliphatic rings. The van der Waals surface area contributed by atoms with E-state index in [2.05, 4.69) is 4.98 Å². The van der Waals surface area contributed by atoms with Crippen molar-refractivity contribution in [1.29, 1.82) is 0 Å². The molecule has 110 valence electrons. The van der Waals surface area contributed by atoms with Gasteiger partial charge in [0.2, 0.25) is 0 Å². The van der Waals surface area contributed by atoms with Crippen LogP contribution in [0.3, 0.4) is 0 Å². The topological polar surface area (TPSA) is 50.2 Å². The summed E-state index contributed by atoms with van der Waals surface area (Å²) in [7, 11) is 0. The number of halogens is 1. The van der Waals surface area contributed by atoms with Crippen molar-refractivity contribution in [3.63, 3.8) is 0 Å². The molecule has 3 nitrogen and oxygen atoms in total. The standard InChI is InChI=1S/C17H12ClNO2S/c18-13-8-6-12(7-9-13)16-19-14(15(22-16)17(20)21)10-11-4-2-1-3-5-11/h1-9H,10H2,(H,20,21). The summed E-state index contributed by atoms with van der Waals surface area (Å²) in [5.74, 6) is -0.941. The van der Waals surface area contributed by atoms with E-state index in [9.17, 15) is 9.90 Å². The summed E-state index contributed by atoms with van der Waals surface area (Å²) in [6.07, 6.45) is 0.507. The van der Waals surface area contributed by atoms with E-state index < -0.39 is 5.97 Å². The molecule has 0 radical (unpaired) electrons. The van der Waals surface area contributed by atoms with Crippen LogP contribution in [0, 0.1) is 0 Å². The zero-order valence-electron chi connectivity index (χ0n) is 11.5. The third-order valence-electron chi connectivity index (χ3n) is 3.20. The molecule has 0 saturated carbocycles. The first-order chi connectivity index (χ1) is 10.6. The molecule has 1 N–H and O–H groups in total. The molecule has 0 aliphatic carbocycles. The molecule has 2 aromatic carbocycles. The van der Waals surface area contributed by atoms with Crippen LogP contribution in [0.4, 0.5) is 0 Å². The van der Waals surface area contributed by atoms with E-state index in [1.807, 2.05) is 42.5 Å². The number of carboxylic acids is 1. The third-order valence-corrected chi connectivity index (χ3v) is 4.58. The van der Waals surface area contributed by atoms with Crippen molar-refractivity contribution in [2.45, 2.75) is 6.42 Å². The van der Waals surface area contributed by atoms with Crippen LogP contribution in [0.15, 0.2) is 54.6 Å². The van der Waals surface area contributed by atoms with Crippen LogP contribution in [0.5, 0.6) is 0 Å². The fourth-order valence-corrected chi connectivity index (χ4v) is 3.20. The van der Waals surface area contributed by atoms with Gasteiger partial charge in [0.25, 0.3) is 0 Å². The third kappa shape index (κ3) is 3.18. The number of rotatable bonds is 4. The van der Waals surface area contributed by atoms with Gasteiger partial charge >= 0.3 is 5.97 Å². The Kier molecular flexibility index (Phi) is 4.22. The number of nitrogens with zero attached hydrogens (tertiary/aromatic N) is 1. The molecule has 3 aromatic rings. The van der Waals surface area contributed by atoms with E-state index in [-0.39, 0.29) is 4.88 Å². The molecule has 5 heteroatoms. The molecule has 0 spiro atoms. The summed E-state index contributed by atoms with van der Waals surface area (Å²) >= 11 is 7.07. The smallest absolute Gasteiger partial charge is 0.347 e. The van der Waals surface area contributed by atoms with Crippen molar-refractivity contribution >= 4 is 28.9 Å². The van der Waals surface area contributed by atoms with Gasteiger partial charge in [-0.2, -0.15) is 0 Å². The quantitative estimate of drug-likeness (QED) is 0.751. The van der Waals surface area contributed by atoms with Gasteiger partial charge in [-0.25, -0.2) is 9.78 Å². The van der Waals surface area contributed by atoms with E-state index in [0.29, 0.717) is 22.1 Å². The molecule has 3 rings (SSSR count). The summed E-state index contributed by atoms with van der Waals surface area (Å²) in [6.45, 7) is 0. The number of carboxylic acid groups (broad SMARTS) is 1. The molecule has 22 heavy (non-hydrogen) atoms. The van der Waals surface area contributed by atoms with Crippen molar-refractivity contribution in [1.82, 2.24) is 4.98 Å². The molecule has 0 fully saturated rings. The Labute approximate surface area is 136 Å². The van der Waals surface area contributed by atoms with E-state index in [1.54, 1.807) is 12.1 Å². The second kappa shape index (κ2) is 6.30. The van der Waals surface area contributed by atoms with Crippen LogP contribution in [-0.4, -0.2) is 16.1 Å². The number of benzene rings is 2. The minimum absolute atomic E-state index is 0.286. The van der Waals surface area contributed by atoms with Gasteiger partial charge in [0.05, 0.1) is 5.69 Å². The maximum absolute atomic E-state index is 11.5.